The van der Waals surface area contributed by atoms with Crippen LogP contribution in [0.1, 0.15) is 78.1 Å². The van der Waals surface area contributed by atoms with Gasteiger partial charge in [0.25, 0.3) is 0 Å². The standard InChI is InChI=1S/C17H29N3/c1-14(15-9-5-3-6-10-15)19-20-17(2,13-18)16-11-7-4-8-12-16/h14-16H,3-12H2,1-2H3/b20-19+. The summed E-state index contributed by atoms with van der Waals surface area (Å²) in [6.07, 6.45) is 12.7. The van der Waals surface area contributed by atoms with Crippen LogP contribution >= 0.6 is 0 Å². The number of rotatable bonds is 4. The molecule has 3 nitrogen and oxygen atoms in total. The third kappa shape index (κ3) is 3.81. The molecule has 0 amide bonds. The molecule has 2 rings (SSSR count). The summed E-state index contributed by atoms with van der Waals surface area (Å²) < 4.78 is 0. The highest BCUT2D eigenvalue weighted by atomic mass is 15.2. The Morgan fingerprint density at radius 2 is 1.55 bits per heavy atom. The number of azo groups is 1. The van der Waals surface area contributed by atoms with E-state index in [0.29, 0.717) is 11.8 Å². The molecule has 20 heavy (non-hydrogen) atoms. The SMILES string of the molecule is CC(/N=N/C(C)(C#N)C1CCCCC1)C1CCCCC1. The molecule has 3 heteroatoms. The Morgan fingerprint density at radius 3 is 2.10 bits per heavy atom. The Balaban J connectivity index is 1.96. The zero-order valence-corrected chi connectivity index (χ0v) is 13.1. The fraction of sp³-hybridized carbons (Fsp3) is 0.941. The molecule has 0 aliphatic heterocycles. The van der Waals surface area contributed by atoms with Gasteiger partial charge in [0.05, 0.1) is 12.1 Å². The second-order valence-corrected chi connectivity index (χ2v) is 6.95. The summed E-state index contributed by atoms with van der Waals surface area (Å²) >= 11 is 0. The first-order chi connectivity index (χ1) is 9.65. The lowest BCUT2D eigenvalue weighted by atomic mass is 9.77. The van der Waals surface area contributed by atoms with Crippen molar-refractivity contribution in [2.45, 2.75) is 89.6 Å². The normalized spacial score (nSPS) is 27.1. The van der Waals surface area contributed by atoms with E-state index < -0.39 is 5.54 Å². The predicted octanol–water partition coefficient (Wildman–Crippen LogP) is 5.27. The van der Waals surface area contributed by atoms with Gasteiger partial charge in [-0.2, -0.15) is 15.5 Å². The summed E-state index contributed by atoms with van der Waals surface area (Å²) in [7, 11) is 0. The van der Waals surface area contributed by atoms with Crippen LogP contribution < -0.4 is 0 Å². The van der Waals surface area contributed by atoms with E-state index in [1.54, 1.807) is 0 Å². The van der Waals surface area contributed by atoms with Crippen molar-refractivity contribution in [1.29, 1.82) is 5.26 Å². The van der Waals surface area contributed by atoms with Gasteiger partial charge < -0.3 is 0 Å². The molecule has 0 aromatic rings. The molecule has 0 radical (unpaired) electrons. The molecule has 2 fully saturated rings. The molecule has 2 saturated carbocycles. The van der Waals surface area contributed by atoms with Gasteiger partial charge in [-0.3, -0.25) is 0 Å². The van der Waals surface area contributed by atoms with Crippen LogP contribution in [0.4, 0.5) is 0 Å². The fourth-order valence-corrected chi connectivity index (χ4v) is 3.78. The quantitative estimate of drug-likeness (QED) is 0.645. The van der Waals surface area contributed by atoms with E-state index in [0.717, 1.165) is 12.8 Å². The number of nitriles is 1. The maximum Gasteiger partial charge on any atom is 0.167 e. The van der Waals surface area contributed by atoms with Crippen molar-refractivity contribution in [3.8, 4) is 6.07 Å². The van der Waals surface area contributed by atoms with Crippen LogP contribution in [-0.4, -0.2) is 11.6 Å². The van der Waals surface area contributed by atoms with Gasteiger partial charge in [-0.25, -0.2) is 0 Å². The first kappa shape index (κ1) is 15.5. The van der Waals surface area contributed by atoms with Crippen LogP contribution in [0.2, 0.25) is 0 Å². The van der Waals surface area contributed by atoms with Gasteiger partial charge in [0, 0.05) is 0 Å². The van der Waals surface area contributed by atoms with E-state index in [9.17, 15) is 5.26 Å². The third-order valence-corrected chi connectivity index (χ3v) is 5.41. The maximum atomic E-state index is 9.56. The van der Waals surface area contributed by atoms with Gasteiger partial charge in [0.1, 0.15) is 0 Å². The van der Waals surface area contributed by atoms with Gasteiger partial charge in [-0.1, -0.05) is 38.5 Å². The highest BCUT2D eigenvalue weighted by Gasteiger charge is 2.35. The summed E-state index contributed by atoms with van der Waals surface area (Å²) in [6.45, 7) is 4.16. The van der Waals surface area contributed by atoms with Gasteiger partial charge >= 0.3 is 0 Å². The molecule has 0 aromatic heterocycles. The minimum Gasteiger partial charge on any atom is -0.196 e. The number of hydrogen-bond donors (Lipinski definition) is 0. The lowest BCUT2D eigenvalue weighted by Gasteiger charge is -2.31. The molecule has 0 aromatic carbocycles. The lowest BCUT2D eigenvalue weighted by Crippen LogP contribution is -2.33. The lowest BCUT2D eigenvalue weighted by molar-refractivity contribution is 0.252. The molecule has 0 spiro atoms. The van der Waals surface area contributed by atoms with Gasteiger partial charge in [0.2, 0.25) is 0 Å². The summed E-state index contributed by atoms with van der Waals surface area (Å²) in [6, 6.07) is 2.73. The second-order valence-electron chi connectivity index (χ2n) is 6.95. The molecular weight excluding hydrogens is 246 g/mol. The smallest absolute Gasteiger partial charge is 0.167 e. The third-order valence-electron chi connectivity index (χ3n) is 5.41. The van der Waals surface area contributed by atoms with Crippen molar-refractivity contribution in [3.05, 3.63) is 0 Å². The predicted molar refractivity (Wildman–Crippen MR) is 81.5 cm³/mol. The van der Waals surface area contributed by atoms with Crippen LogP contribution in [0.5, 0.6) is 0 Å². The van der Waals surface area contributed by atoms with E-state index in [1.807, 2.05) is 6.92 Å². The van der Waals surface area contributed by atoms with E-state index in [1.165, 1.54) is 51.4 Å². The average Bonchev–Trinajstić information content (AvgIpc) is 2.54. The zero-order chi connectivity index (χ0) is 14.4. The zero-order valence-electron chi connectivity index (χ0n) is 13.1. The van der Waals surface area contributed by atoms with Crippen LogP contribution in [0.15, 0.2) is 10.2 Å². The van der Waals surface area contributed by atoms with Crippen LogP contribution in [0, 0.1) is 23.2 Å². The Kier molecular flexibility index (Phi) is 5.57. The first-order valence-electron chi connectivity index (χ1n) is 8.49. The van der Waals surface area contributed by atoms with Crippen molar-refractivity contribution < 1.29 is 0 Å². The molecule has 0 heterocycles. The molecule has 2 aliphatic rings. The van der Waals surface area contributed by atoms with E-state index in [-0.39, 0.29) is 6.04 Å². The second kappa shape index (κ2) is 7.20. The molecule has 0 N–H and O–H groups in total. The van der Waals surface area contributed by atoms with Gasteiger partial charge in [-0.05, 0) is 51.4 Å². The molecular formula is C17H29N3. The van der Waals surface area contributed by atoms with Crippen molar-refractivity contribution in [3.63, 3.8) is 0 Å². The van der Waals surface area contributed by atoms with E-state index in [4.69, 9.17) is 0 Å². The van der Waals surface area contributed by atoms with Crippen molar-refractivity contribution in [2.24, 2.45) is 22.1 Å². The van der Waals surface area contributed by atoms with Crippen LogP contribution in [-0.2, 0) is 0 Å². The van der Waals surface area contributed by atoms with Crippen molar-refractivity contribution in [2.75, 3.05) is 0 Å². The molecule has 2 atom stereocenters. The highest BCUT2D eigenvalue weighted by Crippen LogP contribution is 2.36. The summed E-state index contributed by atoms with van der Waals surface area (Å²) in [5.41, 5.74) is -0.594. The minimum absolute atomic E-state index is 0.284. The van der Waals surface area contributed by atoms with Crippen LogP contribution in [0.3, 0.4) is 0 Å². The largest absolute Gasteiger partial charge is 0.196 e. The molecule has 2 aliphatic carbocycles. The maximum absolute atomic E-state index is 9.56. The van der Waals surface area contributed by atoms with Gasteiger partial charge in [0.15, 0.2) is 5.54 Å². The minimum atomic E-state index is -0.594. The fourth-order valence-electron chi connectivity index (χ4n) is 3.78. The molecule has 112 valence electrons. The Bertz CT molecular complexity index is 359. The summed E-state index contributed by atoms with van der Waals surface area (Å²) in [5, 5.41) is 18.7. The monoisotopic (exact) mass is 275 g/mol. The van der Waals surface area contributed by atoms with Crippen molar-refractivity contribution >= 4 is 0 Å². The summed E-state index contributed by atoms with van der Waals surface area (Å²) in [5.74, 6) is 1.09. The number of nitrogens with zero attached hydrogens (tertiary/aromatic N) is 3. The molecule has 0 saturated heterocycles. The average molecular weight is 275 g/mol. The number of hydrogen-bond acceptors (Lipinski definition) is 3. The Hall–Kier alpha value is -0.910. The van der Waals surface area contributed by atoms with E-state index >= 15 is 0 Å². The Labute approximate surface area is 123 Å². The highest BCUT2D eigenvalue weighted by molar-refractivity contribution is 5.08. The Morgan fingerprint density at radius 1 is 1.00 bits per heavy atom. The molecule has 2 unspecified atom stereocenters. The van der Waals surface area contributed by atoms with E-state index in [2.05, 4.69) is 23.2 Å². The first-order valence-corrected chi connectivity index (χ1v) is 8.49. The molecule has 0 bridgehead atoms. The topological polar surface area (TPSA) is 48.5 Å². The van der Waals surface area contributed by atoms with Crippen molar-refractivity contribution in [1.82, 2.24) is 0 Å². The van der Waals surface area contributed by atoms with Gasteiger partial charge in [-0.15, -0.1) is 0 Å². The van der Waals surface area contributed by atoms with Crippen LogP contribution in [0.25, 0.3) is 0 Å². The summed E-state index contributed by atoms with van der Waals surface area (Å²) in [4.78, 5) is 0.